The average molecular weight is 801 g/mol. The molecule has 3 saturated heterocycles. The van der Waals surface area contributed by atoms with E-state index in [0.29, 0.717) is 0 Å². The minimum atomic E-state index is -1.85. The lowest BCUT2D eigenvalue weighted by Crippen LogP contribution is -2.61. The molecule has 56 heavy (non-hydrogen) atoms. The standard InChI is InChI=1S/C35H44O21/c1-11-23(39)26(42)29(45)33(51-11)50-10-21-25(41)28(44)30(46)34(55-21)52-13-6-14(37)22-15(38)8-16(53-17(22)7-13)12-4-18(48-2)32(19(5-12)49-3)56-35-31(47)27(43)24(40)20(9-36)54-35/h4-8,11,20-21,23-31,33-37,39-47H,9-10H2,1-3H3/t11-,20+,21+,23-,24+,25+,26+,27-,28-,29+,30+,31+,33+,34+,35-/m0/s1. The number of fused-ring (bicyclic) bond motifs is 1. The number of aromatic hydroxyl groups is 1. The van der Waals surface area contributed by atoms with Crippen molar-refractivity contribution < 1.29 is 98.5 Å². The van der Waals surface area contributed by atoms with Gasteiger partial charge in [0.25, 0.3) is 0 Å². The molecule has 21 heteroatoms. The Labute approximate surface area is 316 Å². The van der Waals surface area contributed by atoms with Crippen LogP contribution in [0.1, 0.15) is 6.92 Å². The quantitative estimate of drug-likeness (QED) is 0.0892. The minimum absolute atomic E-state index is 0.0328. The maximum Gasteiger partial charge on any atom is 0.229 e. The SMILES string of the molecule is COc1cc(-c2cc(=O)c3c(O)cc(O[C@@H]4O[C@H](CO[C@@H]5O[C@@H](C)[C@H](O)[C@@H](O)[C@H]5O)[C@@H](O)[C@H](O)[C@H]4O)cc3o2)cc(OC)c1O[C@@H]1O[C@H](CO)[C@@H](O)[C@H](O)[C@H]1O. The molecule has 4 heterocycles. The first kappa shape index (κ1) is 41.7. The molecule has 0 radical (unpaired) electrons. The fourth-order valence-electron chi connectivity index (χ4n) is 6.50. The number of aliphatic hydroxyl groups is 10. The highest BCUT2D eigenvalue weighted by atomic mass is 16.7. The maximum atomic E-state index is 13.3. The molecular formula is C35H44O21. The Balaban J connectivity index is 1.25. The van der Waals surface area contributed by atoms with E-state index in [9.17, 15) is 61.0 Å². The van der Waals surface area contributed by atoms with Crippen LogP contribution in [0.4, 0.5) is 0 Å². The Morgan fingerprint density at radius 1 is 0.643 bits per heavy atom. The fraction of sp³-hybridized carbons (Fsp3) is 0.571. The highest BCUT2D eigenvalue weighted by molar-refractivity contribution is 5.86. The third-order valence-corrected chi connectivity index (χ3v) is 9.76. The van der Waals surface area contributed by atoms with Gasteiger partial charge in [0.1, 0.15) is 95.4 Å². The van der Waals surface area contributed by atoms with E-state index in [2.05, 4.69) is 0 Å². The molecule has 0 unspecified atom stereocenters. The molecule has 6 rings (SSSR count). The van der Waals surface area contributed by atoms with Crippen LogP contribution in [0.25, 0.3) is 22.3 Å². The summed E-state index contributed by atoms with van der Waals surface area (Å²) in [6, 6.07) is 6.01. The first-order valence-electron chi connectivity index (χ1n) is 17.3. The van der Waals surface area contributed by atoms with Crippen LogP contribution in [0.3, 0.4) is 0 Å². The van der Waals surface area contributed by atoms with Gasteiger partial charge in [-0.2, -0.15) is 0 Å². The van der Waals surface area contributed by atoms with Crippen molar-refractivity contribution in [2.45, 2.75) is 99.0 Å². The number of phenols is 1. The van der Waals surface area contributed by atoms with Crippen LogP contribution in [-0.2, 0) is 18.9 Å². The van der Waals surface area contributed by atoms with E-state index in [1.165, 1.54) is 39.3 Å². The van der Waals surface area contributed by atoms with Crippen LogP contribution < -0.4 is 24.4 Å². The third kappa shape index (κ3) is 7.97. The van der Waals surface area contributed by atoms with Crippen LogP contribution in [0.15, 0.2) is 39.5 Å². The van der Waals surface area contributed by atoms with Crippen LogP contribution in [-0.4, -0.2) is 176 Å². The fourth-order valence-corrected chi connectivity index (χ4v) is 6.50. The van der Waals surface area contributed by atoms with Crippen LogP contribution in [0.5, 0.6) is 28.7 Å². The number of ether oxygens (including phenoxy) is 8. The van der Waals surface area contributed by atoms with E-state index in [4.69, 9.17) is 42.3 Å². The Bertz CT molecular complexity index is 1860. The summed E-state index contributed by atoms with van der Waals surface area (Å²) in [5.41, 5.74) is -0.737. The van der Waals surface area contributed by atoms with E-state index < -0.39 is 117 Å². The molecule has 0 bridgehead atoms. The van der Waals surface area contributed by atoms with Crippen molar-refractivity contribution in [1.29, 1.82) is 0 Å². The smallest absolute Gasteiger partial charge is 0.229 e. The molecule has 2 aromatic carbocycles. The van der Waals surface area contributed by atoms with Crippen molar-refractivity contribution >= 4 is 11.0 Å². The predicted octanol–water partition coefficient (Wildman–Crippen LogP) is -3.61. The minimum Gasteiger partial charge on any atom is -0.507 e. The Morgan fingerprint density at radius 2 is 1.20 bits per heavy atom. The van der Waals surface area contributed by atoms with Gasteiger partial charge >= 0.3 is 0 Å². The summed E-state index contributed by atoms with van der Waals surface area (Å²) in [5.74, 6) is -1.10. The van der Waals surface area contributed by atoms with Crippen LogP contribution in [0.2, 0.25) is 0 Å². The number of hydrogen-bond acceptors (Lipinski definition) is 21. The number of rotatable bonds is 11. The lowest BCUT2D eigenvalue weighted by atomic mass is 9.98. The van der Waals surface area contributed by atoms with Gasteiger partial charge in [0.15, 0.2) is 23.2 Å². The Kier molecular flexibility index (Phi) is 12.6. The average Bonchev–Trinajstić information content (AvgIpc) is 3.18. The molecule has 3 aromatic rings. The van der Waals surface area contributed by atoms with Crippen molar-refractivity contribution in [1.82, 2.24) is 0 Å². The molecule has 11 N–H and O–H groups in total. The first-order valence-corrected chi connectivity index (χ1v) is 17.3. The second-order valence-electron chi connectivity index (χ2n) is 13.5. The number of hydrogen-bond donors (Lipinski definition) is 11. The molecule has 15 atom stereocenters. The van der Waals surface area contributed by atoms with E-state index in [0.717, 1.165) is 12.1 Å². The highest BCUT2D eigenvalue weighted by Crippen LogP contribution is 2.44. The van der Waals surface area contributed by atoms with Gasteiger partial charge in [0.2, 0.25) is 18.3 Å². The van der Waals surface area contributed by atoms with Gasteiger partial charge in [0, 0.05) is 23.8 Å². The second-order valence-corrected chi connectivity index (χ2v) is 13.5. The molecular weight excluding hydrogens is 756 g/mol. The molecule has 310 valence electrons. The summed E-state index contributed by atoms with van der Waals surface area (Å²) in [6.07, 6.45) is -23.6. The van der Waals surface area contributed by atoms with Gasteiger partial charge in [-0.15, -0.1) is 0 Å². The summed E-state index contributed by atoms with van der Waals surface area (Å²) >= 11 is 0. The van der Waals surface area contributed by atoms with E-state index in [-0.39, 0.29) is 45.3 Å². The van der Waals surface area contributed by atoms with Crippen LogP contribution in [0, 0.1) is 0 Å². The Hall–Kier alpha value is -3.91. The van der Waals surface area contributed by atoms with E-state index in [1.807, 2.05) is 0 Å². The lowest BCUT2D eigenvalue weighted by Gasteiger charge is -2.42. The van der Waals surface area contributed by atoms with E-state index >= 15 is 0 Å². The van der Waals surface area contributed by atoms with Crippen molar-refractivity contribution in [3.8, 4) is 40.1 Å². The summed E-state index contributed by atoms with van der Waals surface area (Å²) in [5, 5.41) is 113. The predicted molar refractivity (Wildman–Crippen MR) is 183 cm³/mol. The molecule has 3 aliphatic heterocycles. The van der Waals surface area contributed by atoms with Gasteiger partial charge in [-0.25, -0.2) is 0 Å². The third-order valence-electron chi connectivity index (χ3n) is 9.76. The summed E-state index contributed by atoms with van der Waals surface area (Å²) in [7, 11) is 2.54. The summed E-state index contributed by atoms with van der Waals surface area (Å²) < 4.78 is 50.4. The number of phenolic OH excluding ortho intramolecular Hbond substituents is 1. The molecule has 0 amide bonds. The van der Waals surface area contributed by atoms with Crippen molar-refractivity contribution in [3.63, 3.8) is 0 Å². The molecule has 3 fully saturated rings. The Morgan fingerprint density at radius 3 is 1.80 bits per heavy atom. The molecule has 0 aliphatic carbocycles. The molecule has 0 spiro atoms. The molecule has 21 nitrogen and oxygen atoms in total. The van der Waals surface area contributed by atoms with Gasteiger partial charge in [-0.3, -0.25) is 4.79 Å². The summed E-state index contributed by atoms with van der Waals surface area (Å²) in [6.45, 7) is 0.186. The monoisotopic (exact) mass is 800 g/mol. The molecule has 1 aromatic heterocycles. The number of methoxy groups -OCH3 is 2. The largest absolute Gasteiger partial charge is 0.507 e. The topological polar surface area (TPSA) is 327 Å². The highest BCUT2D eigenvalue weighted by Gasteiger charge is 2.48. The van der Waals surface area contributed by atoms with Gasteiger partial charge in [-0.1, -0.05) is 0 Å². The van der Waals surface area contributed by atoms with Gasteiger partial charge in [0.05, 0.1) is 33.5 Å². The van der Waals surface area contributed by atoms with Crippen molar-refractivity contribution in [2.24, 2.45) is 0 Å². The number of benzene rings is 2. The zero-order chi connectivity index (χ0) is 40.7. The van der Waals surface area contributed by atoms with Gasteiger partial charge < -0.3 is 98.5 Å². The normalized spacial score (nSPS) is 36.3. The van der Waals surface area contributed by atoms with Crippen molar-refractivity contribution in [2.75, 3.05) is 27.4 Å². The maximum absolute atomic E-state index is 13.3. The first-order chi connectivity index (χ1) is 26.6. The zero-order valence-electron chi connectivity index (χ0n) is 30.0. The number of aliphatic hydroxyl groups excluding tert-OH is 10. The van der Waals surface area contributed by atoms with Crippen molar-refractivity contribution in [3.05, 3.63) is 40.6 Å². The summed E-state index contributed by atoms with van der Waals surface area (Å²) in [4.78, 5) is 13.3. The van der Waals surface area contributed by atoms with E-state index in [1.54, 1.807) is 0 Å². The van der Waals surface area contributed by atoms with Crippen LogP contribution >= 0.6 is 0 Å². The zero-order valence-corrected chi connectivity index (χ0v) is 30.0. The van der Waals surface area contributed by atoms with Gasteiger partial charge in [-0.05, 0) is 19.1 Å². The molecule has 3 aliphatic rings. The molecule has 0 saturated carbocycles. The second kappa shape index (κ2) is 16.9. The lowest BCUT2D eigenvalue weighted by molar-refractivity contribution is -0.318.